The van der Waals surface area contributed by atoms with E-state index >= 15 is 0 Å². The lowest BCUT2D eigenvalue weighted by Gasteiger charge is -2.31. The summed E-state index contributed by atoms with van der Waals surface area (Å²) >= 11 is 0. The highest BCUT2D eigenvalue weighted by Crippen LogP contribution is 2.36. The lowest BCUT2D eigenvalue weighted by molar-refractivity contribution is -0.129. The number of hydrogen-bond donors (Lipinski definition) is 0. The Kier molecular flexibility index (Phi) is 4.01. The van der Waals surface area contributed by atoms with Crippen molar-refractivity contribution in [3.63, 3.8) is 0 Å². The van der Waals surface area contributed by atoms with Crippen LogP contribution in [0.5, 0.6) is 0 Å². The van der Waals surface area contributed by atoms with Gasteiger partial charge in [-0.2, -0.15) is 0 Å². The first-order valence-corrected chi connectivity index (χ1v) is 6.87. The first kappa shape index (κ1) is 12.1. The molecule has 1 saturated carbocycles. The third-order valence-corrected chi connectivity index (χ3v) is 4.40. The quantitative estimate of drug-likeness (QED) is 0.736. The predicted octanol–water partition coefficient (Wildman–Crippen LogP) is 3.20. The Morgan fingerprint density at radius 2 is 2.06 bits per heavy atom. The van der Waals surface area contributed by atoms with Crippen molar-refractivity contribution in [2.45, 2.75) is 58.5 Å². The zero-order valence-corrected chi connectivity index (χ0v) is 10.6. The molecule has 2 fully saturated rings. The van der Waals surface area contributed by atoms with Gasteiger partial charge in [0.25, 0.3) is 0 Å². The average Bonchev–Trinajstić information content (AvgIpc) is 2.75. The summed E-state index contributed by atoms with van der Waals surface area (Å²) < 4.78 is 5.53. The molecule has 92 valence electrons. The molecule has 2 heteroatoms. The summed E-state index contributed by atoms with van der Waals surface area (Å²) in [5, 5.41) is 0. The summed E-state index contributed by atoms with van der Waals surface area (Å²) in [5.74, 6) is 1.71. The van der Waals surface area contributed by atoms with Crippen LogP contribution in [0.2, 0.25) is 0 Å². The highest BCUT2D eigenvalue weighted by molar-refractivity contribution is 5.84. The van der Waals surface area contributed by atoms with E-state index in [1.54, 1.807) is 0 Å². The monoisotopic (exact) mass is 224 g/mol. The zero-order chi connectivity index (χ0) is 11.5. The molecule has 0 spiro atoms. The fourth-order valence-corrected chi connectivity index (χ4v) is 3.39. The van der Waals surface area contributed by atoms with E-state index in [1.165, 1.54) is 25.7 Å². The van der Waals surface area contributed by atoms with Gasteiger partial charge in [-0.15, -0.1) is 0 Å². The van der Waals surface area contributed by atoms with E-state index in [9.17, 15) is 4.79 Å². The first-order valence-electron chi connectivity index (χ1n) is 6.87. The van der Waals surface area contributed by atoms with Gasteiger partial charge in [-0.25, -0.2) is 0 Å². The maximum Gasteiger partial charge on any atom is 0.141 e. The Hall–Kier alpha value is -0.370. The van der Waals surface area contributed by atoms with Crippen molar-refractivity contribution in [1.29, 1.82) is 0 Å². The zero-order valence-electron chi connectivity index (χ0n) is 10.6. The normalized spacial score (nSPS) is 39.9. The van der Waals surface area contributed by atoms with E-state index in [2.05, 4.69) is 13.8 Å². The summed E-state index contributed by atoms with van der Waals surface area (Å²) in [6, 6.07) is 0. The molecule has 0 bridgehead atoms. The predicted molar refractivity (Wildman–Crippen MR) is 64.3 cm³/mol. The van der Waals surface area contributed by atoms with Gasteiger partial charge in [-0.1, -0.05) is 26.2 Å². The van der Waals surface area contributed by atoms with Crippen molar-refractivity contribution in [2.24, 2.45) is 17.8 Å². The molecule has 0 aromatic heterocycles. The van der Waals surface area contributed by atoms with Gasteiger partial charge in [0.1, 0.15) is 5.78 Å². The standard InChI is InChI=1S/C14H24O2/c1-3-11-6-4-5-7-13(11)14(15)12-8-10(2)16-9-12/h10-13H,3-9H2,1-2H3. The van der Waals surface area contributed by atoms with Crippen LogP contribution in [0.15, 0.2) is 0 Å². The Morgan fingerprint density at radius 3 is 2.69 bits per heavy atom. The molecule has 1 aliphatic heterocycles. The number of carbonyl (C=O) groups is 1. The van der Waals surface area contributed by atoms with Gasteiger partial charge in [0.05, 0.1) is 12.7 Å². The van der Waals surface area contributed by atoms with Crippen LogP contribution >= 0.6 is 0 Å². The van der Waals surface area contributed by atoms with Crippen LogP contribution in [0.25, 0.3) is 0 Å². The maximum atomic E-state index is 12.4. The van der Waals surface area contributed by atoms with Crippen molar-refractivity contribution in [2.75, 3.05) is 6.61 Å². The second-order valence-electron chi connectivity index (χ2n) is 5.54. The number of carbonyl (C=O) groups excluding carboxylic acids is 1. The fourth-order valence-electron chi connectivity index (χ4n) is 3.39. The Balaban J connectivity index is 1.96. The third-order valence-electron chi connectivity index (χ3n) is 4.40. The van der Waals surface area contributed by atoms with Crippen LogP contribution in [-0.2, 0) is 9.53 Å². The number of rotatable bonds is 3. The molecule has 2 rings (SSSR count). The first-order chi connectivity index (χ1) is 7.72. The van der Waals surface area contributed by atoms with Gasteiger partial charge >= 0.3 is 0 Å². The van der Waals surface area contributed by atoms with E-state index < -0.39 is 0 Å². The van der Waals surface area contributed by atoms with Gasteiger partial charge in [0, 0.05) is 11.8 Å². The molecule has 0 amide bonds. The third kappa shape index (κ3) is 2.48. The summed E-state index contributed by atoms with van der Waals surface area (Å²) in [4.78, 5) is 12.4. The van der Waals surface area contributed by atoms with Gasteiger partial charge in [0.2, 0.25) is 0 Å². The van der Waals surface area contributed by atoms with Gasteiger partial charge in [-0.05, 0) is 32.1 Å². The minimum Gasteiger partial charge on any atom is -0.378 e. The summed E-state index contributed by atoms with van der Waals surface area (Å²) in [5.41, 5.74) is 0. The summed E-state index contributed by atoms with van der Waals surface area (Å²) in [6.45, 7) is 4.97. The van der Waals surface area contributed by atoms with Crippen LogP contribution < -0.4 is 0 Å². The smallest absolute Gasteiger partial charge is 0.141 e. The van der Waals surface area contributed by atoms with Crippen LogP contribution in [0.4, 0.5) is 0 Å². The van der Waals surface area contributed by atoms with Crippen LogP contribution in [0, 0.1) is 17.8 Å². The summed E-state index contributed by atoms with van der Waals surface area (Å²) in [7, 11) is 0. The molecule has 4 atom stereocenters. The molecule has 0 radical (unpaired) electrons. The number of ether oxygens (including phenoxy) is 1. The molecule has 0 aromatic carbocycles. The lowest BCUT2D eigenvalue weighted by Crippen LogP contribution is -2.32. The second kappa shape index (κ2) is 5.31. The van der Waals surface area contributed by atoms with Gasteiger partial charge < -0.3 is 4.74 Å². The fraction of sp³-hybridized carbons (Fsp3) is 0.929. The highest BCUT2D eigenvalue weighted by Gasteiger charge is 2.36. The average molecular weight is 224 g/mol. The van der Waals surface area contributed by atoms with Gasteiger partial charge in [0.15, 0.2) is 0 Å². The second-order valence-corrected chi connectivity index (χ2v) is 5.54. The molecule has 0 N–H and O–H groups in total. The van der Waals surface area contributed by atoms with Crippen molar-refractivity contribution in [1.82, 2.24) is 0 Å². The minimum absolute atomic E-state index is 0.201. The largest absolute Gasteiger partial charge is 0.378 e. The van der Waals surface area contributed by atoms with E-state index in [1.807, 2.05) is 0 Å². The molecule has 0 aromatic rings. The van der Waals surface area contributed by atoms with E-state index in [4.69, 9.17) is 4.74 Å². The minimum atomic E-state index is 0.201. The van der Waals surface area contributed by atoms with Crippen LogP contribution in [0.3, 0.4) is 0 Å². The molecule has 16 heavy (non-hydrogen) atoms. The Bertz CT molecular complexity index is 249. The molecule has 1 heterocycles. The molecule has 1 aliphatic carbocycles. The van der Waals surface area contributed by atoms with E-state index in [0.29, 0.717) is 24.2 Å². The van der Waals surface area contributed by atoms with Crippen molar-refractivity contribution in [3.8, 4) is 0 Å². The maximum absolute atomic E-state index is 12.4. The van der Waals surface area contributed by atoms with Crippen molar-refractivity contribution >= 4 is 5.78 Å². The topological polar surface area (TPSA) is 26.3 Å². The Labute approximate surface area is 98.7 Å². The molecule has 1 saturated heterocycles. The van der Waals surface area contributed by atoms with Crippen LogP contribution in [0.1, 0.15) is 52.4 Å². The summed E-state index contributed by atoms with van der Waals surface area (Å²) in [6.07, 6.45) is 7.36. The molecular weight excluding hydrogens is 200 g/mol. The van der Waals surface area contributed by atoms with E-state index in [0.717, 1.165) is 12.8 Å². The molecule has 2 nitrogen and oxygen atoms in total. The number of hydrogen-bond acceptors (Lipinski definition) is 2. The van der Waals surface area contributed by atoms with Crippen LogP contribution in [-0.4, -0.2) is 18.5 Å². The molecular formula is C14H24O2. The SMILES string of the molecule is CCC1CCCCC1C(=O)C1COC(C)C1. The molecule has 4 unspecified atom stereocenters. The van der Waals surface area contributed by atoms with E-state index in [-0.39, 0.29) is 12.0 Å². The van der Waals surface area contributed by atoms with Gasteiger partial charge in [-0.3, -0.25) is 4.79 Å². The van der Waals surface area contributed by atoms with Crippen molar-refractivity contribution in [3.05, 3.63) is 0 Å². The molecule has 2 aliphatic rings. The lowest BCUT2D eigenvalue weighted by atomic mass is 9.73. The highest BCUT2D eigenvalue weighted by atomic mass is 16.5. The number of Topliss-reactive ketones (excluding diaryl/α,β-unsaturated/α-hetero) is 1. The Morgan fingerprint density at radius 1 is 1.31 bits per heavy atom. The van der Waals surface area contributed by atoms with Crippen molar-refractivity contribution < 1.29 is 9.53 Å². The number of ketones is 1.